The molecule has 0 radical (unpaired) electrons. The third kappa shape index (κ3) is 5.85. The van der Waals surface area contributed by atoms with Gasteiger partial charge in [-0.25, -0.2) is 21.9 Å². The average Bonchev–Trinajstić information content (AvgIpc) is 3.25. The summed E-state index contributed by atoms with van der Waals surface area (Å²) in [6.45, 7) is -0.131. The first-order valence-corrected chi connectivity index (χ1v) is 10.3. The van der Waals surface area contributed by atoms with Crippen molar-refractivity contribution >= 4 is 22.0 Å². The van der Waals surface area contributed by atoms with E-state index < -0.39 is 27.6 Å². The molecular weight excluding hydrogens is 414 g/mol. The molecule has 0 aliphatic heterocycles. The summed E-state index contributed by atoms with van der Waals surface area (Å²) in [6, 6.07) is 12.2. The van der Waals surface area contributed by atoms with Gasteiger partial charge >= 0.3 is 0 Å². The molecule has 2 N–H and O–H groups in total. The first-order chi connectivity index (χ1) is 14.3. The predicted octanol–water partition coefficient (Wildman–Crippen LogP) is 3.37. The number of nitrogens with one attached hydrogen (secondary N) is 2. The predicted molar refractivity (Wildman–Crippen MR) is 106 cm³/mol. The summed E-state index contributed by atoms with van der Waals surface area (Å²) in [5.74, 6) is -1.22. The lowest BCUT2D eigenvalue weighted by Crippen LogP contribution is -2.22. The second-order valence-electron chi connectivity index (χ2n) is 6.26. The Balaban J connectivity index is 1.55. The zero-order valence-corrected chi connectivity index (χ0v) is 16.5. The van der Waals surface area contributed by atoms with Crippen molar-refractivity contribution in [3.63, 3.8) is 0 Å². The van der Waals surface area contributed by atoms with Crippen LogP contribution in [0.1, 0.15) is 16.9 Å². The van der Waals surface area contributed by atoms with Crippen LogP contribution in [-0.2, 0) is 27.9 Å². The summed E-state index contributed by atoms with van der Waals surface area (Å²) < 4.78 is 58.8. The summed E-state index contributed by atoms with van der Waals surface area (Å²) in [4.78, 5) is 11.9. The first kappa shape index (κ1) is 21.4. The third-order valence-corrected chi connectivity index (χ3v) is 5.51. The van der Waals surface area contributed by atoms with Crippen LogP contribution in [0.5, 0.6) is 0 Å². The van der Waals surface area contributed by atoms with E-state index in [1.807, 2.05) is 0 Å². The minimum atomic E-state index is -3.71. The lowest BCUT2D eigenvalue weighted by atomic mass is 10.2. The van der Waals surface area contributed by atoms with Crippen molar-refractivity contribution in [2.75, 3.05) is 0 Å². The van der Waals surface area contributed by atoms with E-state index >= 15 is 0 Å². The Bertz CT molecular complexity index is 1140. The third-order valence-electron chi connectivity index (χ3n) is 4.09. The van der Waals surface area contributed by atoms with Gasteiger partial charge in [-0.1, -0.05) is 12.1 Å². The van der Waals surface area contributed by atoms with Gasteiger partial charge in [0.2, 0.25) is 15.9 Å². The molecule has 6 nitrogen and oxygen atoms in total. The van der Waals surface area contributed by atoms with Crippen LogP contribution < -0.4 is 10.0 Å². The van der Waals surface area contributed by atoms with E-state index in [4.69, 9.17) is 4.42 Å². The molecule has 0 fully saturated rings. The Morgan fingerprint density at radius 1 is 1.03 bits per heavy atom. The summed E-state index contributed by atoms with van der Waals surface area (Å²) in [7, 11) is -3.71. The van der Waals surface area contributed by atoms with E-state index in [2.05, 4.69) is 10.0 Å². The summed E-state index contributed by atoms with van der Waals surface area (Å²) in [5.41, 5.74) is 0.625. The molecular formula is C21H18F2N2O4S. The smallest absolute Gasteiger partial charge is 0.244 e. The van der Waals surface area contributed by atoms with Crippen molar-refractivity contribution in [1.82, 2.24) is 10.0 Å². The molecule has 1 aromatic heterocycles. The Hall–Kier alpha value is -3.30. The number of furan rings is 1. The normalized spacial score (nSPS) is 11.7. The maximum absolute atomic E-state index is 13.5. The van der Waals surface area contributed by atoms with Crippen LogP contribution in [-0.4, -0.2) is 14.3 Å². The van der Waals surface area contributed by atoms with Crippen molar-refractivity contribution in [1.29, 1.82) is 0 Å². The minimum absolute atomic E-state index is 0.0308. The summed E-state index contributed by atoms with van der Waals surface area (Å²) >= 11 is 0. The highest BCUT2D eigenvalue weighted by molar-refractivity contribution is 7.89. The zero-order chi connectivity index (χ0) is 21.6. The van der Waals surface area contributed by atoms with E-state index in [-0.39, 0.29) is 23.5 Å². The fourth-order valence-corrected chi connectivity index (χ4v) is 3.51. The number of carbonyl (C=O) groups is 1. The Morgan fingerprint density at radius 2 is 1.80 bits per heavy atom. The van der Waals surface area contributed by atoms with Crippen LogP contribution >= 0.6 is 0 Å². The van der Waals surface area contributed by atoms with E-state index in [1.54, 1.807) is 12.1 Å². The molecule has 0 bridgehead atoms. The van der Waals surface area contributed by atoms with Crippen molar-refractivity contribution in [3.05, 3.63) is 95.5 Å². The van der Waals surface area contributed by atoms with Gasteiger partial charge in [0.15, 0.2) is 0 Å². The van der Waals surface area contributed by atoms with E-state index in [9.17, 15) is 22.0 Å². The van der Waals surface area contributed by atoms with Crippen molar-refractivity contribution in [2.45, 2.75) is 18.0 Å². The second kappa shape index (κ2) is 9.47. The van der Waals surface area contributed by atoms with E-state index in [1.165, 1.54) is 42.7 Å². The van der Waals surface area contributed by atoms with Gasteiger partial charge in [0.05, 0.1) is 17.7 Å². The number of carbonyl (C=O) groups excluding carboxylic acids is 1. The number of hydrogen-bond donors (Lipinski definition) is 2. The molecule has 0 atom stereocenters. The quantitative estimate of drug-likeness (QED) is 0.535. The van der Waals surface area contributed by atoms with E-state index in [0.717, 1.165) is 18.2 Å². The van der Waals surface area contributed by atoms with Crippen LogP contribution in [0.25, 0.3) is 6.08 Å². The van der Waals surface area contributed by atoms with Gasteiger partial charge in [0, 0.05) is 18.2 Å². The van der Waals surface area contributed by atoms with Gasteiger partial charge in [-0.05, 0) is 54.1 Å². The minimum Gasteiger partial charge on any atom is -0.468 e. The SMILES string of the molecule is O=C(/C=C/c1ccc(S(=O)(=O)NCc2ccco2)cc1)NCc1cc(F)ccc1F. The number of amides is 1. The zero-order valence-electron chi connectivity index (χ0n) is 15.6. The molecule has 9 heteroatoms. The highest BCUT2D eigenvalue weighted by Crippen LogP contribution is 2.13. The molecule has 3 rings (SSSR count). The topological polar surface area (TPSA) is 88.4 Å². The highest BCUT2D eigenvalue weighted by Gasteiger charge is 2.14. The largest absolute Gasteiger partial charge is 0.468 e. The van der Waals surface area contributed by atoms with Gasteiger partial charge in [-0.3, -0.25) is 4.79 Å². The lowest BCUT2D eigenvalue weighted by Gasteiger charge is -2.06. The Morgan fingerprint density at radius 3 is 2.50 bits per heavy atom. The molecule has 156 valence electrons. The van der Waals surface area contributed by atoms with Crippen molar-refractivity contribution in [2.24, 2.45) is 0 Å². The number of hydrogen-bond acceptors (Lipinski definition) is 4. The lowest BCUT2D eigenvalue weighted by molar-refractivity contribution is -0.116. The van der Waals surface area contributed by atoms with Crippen molar-refractivity contribution in [3.8, 4) is 0 Å². The standard InChI is InChI=1S/C21H18F2N2O4S/c22-17-6-9-20(23)16(12-17)13-24-21(26)10-5-15-3-7-19(8-4-15)30(27,28)25-14-18-2-1-11-29-18/h1-12,25H,13-14H2,(H,24,26)/b10-5+. The van der Waals surface area contributed by atoms with Crippen molar-refractivity contribution < 1.29 is 26.4 Å². The van der Waals surface area contributed by atoms with Gasteiger partial charge in [-0.2, -0.15) is 0 Å². The highest BCUT2D eigenvalue weighted by atomic mass is 32.2. The van der Waals surface area contributed by atoms with Crippen LogP contribution in [0.4, 0.5) is 8.78 Å². The number of sulfonamides is 1. The average molecular weight is 432 g/mol. The first-order valence-electron chi connectivity index (χ1n) is 8.85. The van der Waals surface area contributed by atoms with Gasteiger partial charge in [0.1, 0.15) is 17.4 Å². The maximum Gasteiger partial charge on any atom is 0.244 e. The number of halogens is 2. The molecule has 0 aliphatic rings. The molecule has 1 amide bonds. The molecule has 0 aliphatic carbocycles. The van der Waals surface area contributed by atoms with Gasteiger partial charge in [0.25, 0.3) is 0 Å². The fourth-order valence-electron chi connectivity index (χ4n) is 2.51. The molecule has 30 heavy (non-hydrogen) atoms. The molecule has 2 aromatic carbocycles. The molecule has 0 spiro atoms. The molecule has 1 heterocycles. The number of benzene rings is 2. The maximum atomic E-state index is 13.5. The van der Waals surface area contributed by atoms with Gasteiger partial charge < -0.3 is 9.73 Å². The van der Waals surface area contributed by atoms with E-state index in [0.29, 0.717) is 11.3 Å². The molecule has 0 saturated heterocycles. The fraction of sp³-hybridized carbons (Fsp3) is 0.0952. The second-order valence-corrected chi connectivity index (χ2v) is 8.03. The Kier molecular flexibility index (Phi) is 6.76. The molecule has 0 saturated carbocycles. The number of rotatable bonds is 8. The summed E-state index contributed by atoms with van der Waals surface area (Å²) in [5, 5.41) is 2.46. The van der Waals surface area contributed by atoms with Gasteiger partial charge in [-0.15, -0.1) is 0 Å². The van der Waals surface area contributed by atoms with Crippen LogP contribution in [0.15, 0.2) is 76.2 Å². The van der Waals surface area contributed by atoms with Crippen LogP contribution in [0, 0.1) is 11.6 Å². The molecule has 3 aromatic rings. The Labute approximate surface area is 172 Å². The van der Waals surface area contributed by atoms with Crippen LogP contribution in [0.2, 0.25) is 0 Å². The summed E-state index contributed by atoms with van der Waals surface area (Å²) in [6.07, 6.45) is 4.15. The van der Waals surface area contributed by atoms with Crippen LogP contribution in [0.3, 0.4) is 0 Å². The monoisotopic (exact) mass is 432 g/mol. The molecule has 0 unspecified atom stereocenters.